The summed E-state index contributed by atoms with van der Waals surface area (Å²) in [5.74, 6) is 0.932. The minimum atomic E-state index is -0.307. The predicted molar refractivity (Wildman–Crippen MR) is 87.8 cm³/mol. The third-order valence-electron chi connectivity index (χ3n) is 5.17. The van der Waals surface area contributed by atoms with Gasteiger partial charge in [-0.25, -0.2) is 0 Å². The number of hydrogen-bond donors (Lipinski definition) is 0. The number of benzene rings is 1. The van der Waals surface area contributed by atoms with E-state index in [1.165, 1.54) is 5.56 Å². The number of anilines is 1. The Bertz CT molecular complexity index is 662. The zero-order valence-electron chi connectivity index (χ0n) is 12.9. The molecule has 116 valence electrons. The molecule has 0 saturated carbocycles. The lowest BCUT2D eigenvalue weighted by Gasteiger charge is -2.33. The normalized spacial score (nSPS) is 33.3. The van der Waals surface area contributed by atoms with Crippen molar-refractivity contribution in [2.24, 2.45) is 0 Å². The molecule has 0 spiro atoms. The summed E-state index contributed by atoms with van der Waals surface area (Å²) in [6.07, 6.45) is 2.32. The average molecular weight is 316 g/mol. The predicted octanol–water partition coefficient (Wildman–Crippen LogP) is 2.42. The van der Waals surface area contributed by atoms with Gasteiger partial charge in [0.1, 0.15) is 6.04 Å². The van der Waals surface area contributed by atoms with Crippen LogP contribution in [0.15, 0.2) is 24.3 Å². The summed E-state index contributed by atoms with van der Waals surface area (Å²) in [6, 6.07) is 7.97. The lowest BCUT2D eigenvalue weighted by Crippen LogP contribution is -2.52. The van der Waals surface area contributed by atoms with Crippen LogP contribution in [0.2, 0.25) is 0 Å². The summed E-state index contributed by atoms with van der Waals surface area (Å²) >= 11 is 1.75. The maximum atomic E-state index is 13.2. The first-order valence-electron chi connectivity index (χ1n) is 7.88. The van der Waals surface area contributed by atoms with Crippen molar-refractivity contribution in [1.29, 1.82) is 0 Å². The molecule has 3 atom stereocenters. The average Bonchev–Trinajstić information content (AvgIpc) is 3.09. The van der Waals surface area contributed by atoms with Gasteiger partial charge in [0.2, 0.25) is 5.91 Å². The van der Waals surface area contributed by atoms with E-state index >= 15 is 0 Å². The van der Waals surface area contributed by atoms with E-state index in [0.717, 1.165) is 18.5 Å². The van der Waals surface area contributed by atoms with Crippen LogP contribution in [0.25, 0.3) is 0 Å². The monoisotopic (exact) mass is 316 g/mol. The van der Waals surface area contributed by atoms with E-state index < -0.39 is 0 Å². The molecular weight excluding hydrogens is 296 g/mol. The van der Waals surface area contributed by atoms with Crippen molar-refractivity contribution in [3.8, 4) is 0 Å². The Balaban J connectivity index is 1.67. The fourth-order valence-electron chi connectivity index (χ4n) is 4.07. The Morgan fingerprint density at radius 3 is 2.95 bits per heavy atom. The van der Waals surface area contributed by atoms with Crippen LogP contribution in [-0.2, 0) is 16.0 Å². The molecule has 4 rings (SSSR count). The summed E-state index contributed by atoms with van der Waals surface area (Å²) in [5.41, 5.74) is 2.25. The second kappa shape index (κ2) is 4.75. The highest BCUT2D eigenvalue weighted by Crippen LogP contribution is 2.48. The van der Waals surface area contributed by atoms with Gasteiger partial charge in [0, 0.05) is 23.9 Å². The van der Waals surface area contributed by atoms with Gasteiger partial charge in [-0.2, -0.15) is 0 Å². The van der Waals surface area contributed by atoms with Gasteiger partial charge in [0.25, 0.3) is 5.91 Å². The zero-order chi connectivity index (χ0) is 15.5. The first-order valence-corrected chi connectivity index (χ1v) is 8.87. The number of carbonyl (C=O) groups excluding carboxylic acids is 2. The van der Waals surface area contributed by atoms with E-state index in [1.807, 2.05) is 28.0 Å². The fourth-order valence-corrected chi connectivity index (χ4v) is 5.49. The molecule has 0 radical (unpaired) electrons. The smallest absolute Gasteiger partial charge is 0.250 e. The molecule has 0 aliphatic carbocycles. The summed E-state index contributed by atoms with van der Waals surface area (Å²) in [5, 5.41) is 0. The van der Waals surface area contributed by atoms with Gasteiger partial charge in [0.15, 0.2) is 0 Å². The van der Waals surface area contributed by atoms with Crippen LogP contribution in [-0.4, -0.2) is 39.4 Å². The van der Waals surface area contributed by atoms with Gasteiger partial charge in [-0.15, -0.1) is 11.8 Å². The maximum Gasteiger partial charge on any atom is 0.250 e. The van der Waals surface area contributed by atoms with Crippen molar-refractivity contribution in [3.63, 3.8) is 0 Å². The molecule has 22 heavy (non-hydrogen) atoms. The van der Waals surface area contributed by atoms with Gasteiger partial charge in [0.05, 0.1) is 4.87 Å². The molecule has 3 heterocycles. The molecule has 1 aromatic carbocycles. The van der Waals surface area contributed by atoms with E-state index in [-0.39, 0.29) is 28.8 Å². The van der Waals surface area contributed by atoms with Crippen LogP contribution in [0, 0.1) is 0 Å². The lowest BCUT2D eigenvalue weighted by molar-refractivity contribution is -0.136. The highest BCUT2D eigenvalue weighted by Gasteiger charge is 2.54. The number of para-hydroxylation sites is 1. The van der Waals surface area contributed by atoms with Gasteiger partial charge in [-0.3, -0.25) is 9.59 Å². The topological polar surface area (TPSA) is 40.6 Å². The Labute approximate surface area is 134 Å². The summed E-state index contributed by atoms with van der Waals surface area (Å²) < 4.78 is 0. The Morgan fingerprint density at radius 1 is 1.36 bits per heavy atom. The number of fused-ring (bicyclic) bond motifs is 2. The second-order valence-corrected chi connectivity index (χ2v) is 8.16. The fraction of sp³-hybridized carbons (Fsp3) is 0.529. The van der Waals surface area contributed by atoms with Crippen LogP contribution in [0.4, 0.5) is 5.69 Å². The van der Waals surface area contributed by atoms with Gasteiger partial charge in [-0.05, 0) is 38.3 Å². The third-order valence-corrected chi connectivity index (χ3v) is 6.68. The molecular formula is C17H20N2O2S. The molecule has 5 heteroatoms. The number of nitrogens with zero attached hydrogens (tertiary/aromatic N) is 2. The van der Waals surface area contributed by atoms with Crippen LogP contribution in [0.3, 0.4) is 0 Å². The quantitative estimate of drug-likeness (QED) is 0.799. The maximum absolute atomic E-state index is 13.2. The Kier molecular flexibility index (Phi) is 3.05. The molecule has 1 aromatic rings. The highest BCUT2D eigenvalue weighted by molar-refractivity contribution is 8.01. The van der Waals surface area contributed by atoms with Crippen molar-refractivity contribution >= 4 is 29.3 Å². The Morgan fingerprint density at radius 2 is 2.14 bits per heavy atom. The van der Waals surface area contributed by atoms with Gasteiger partial charge >= 0.3 is 0 Å². The first-order chi connectivity index (χ1) is 10.5. The second-order valence-electron chi connectivity index (χ2n) is 6.66. The standard InChI is InChI=1S/C17H20N2O2S/c1-11-9-12-5-3-4-6-13(12)18(11)16(21)14-10-22-17(2)8-7-15(20)19(14)17/h3-6,11,14H,7-10H2,1-2H3/t11-,14-,17+/m1/s1. The first kappa shape index (κ1) is 14.1. The third kappa shape index (κ3) is 1.84. The minimum Gasteiger partial charge on any atom is -0.315 e. The van der Waals surface area contributed by atoms with Gasteiger partial charge in [-0.1, -0.05) is 18.2 Å². The van der Waals surface area contributed by atoms with Crippen molar-refractivity contribution < 1.29 is 9.59 Å². The Hall–Kier alpha value is -1.49. The summed E-state index contributed by atoms with van der Waals surface area (Å²) in [7, 11) is 0. The molecule has 0 bridgehead atoms. The molecule has 2 amide bonds. The van der Waals surface area contributed by atoms with Crippen LogP contribution < -0.4 is 4.90 Å². The van der Waals surface area contributed by atoms with E-state index in [9.17, 15) is 9.59 Å². The van der Waals surface area contributed by atoms with Crippen molar-refractivity contribution in [2.75, 3.05) is 10.7 Å². The molecule has 3 aliphatic rings. The molecule has 4 nitrogen and oxygen atoms in total. The molecule has 0 N–H and O–H groups in total. The van der Waals surface area contributed by atoms with Crippen LogP contribution >= 0.6 is 11.8 Å². The summed E-state index contributed by atoms with van der Waals surface area (Å²) in [6.45, 7) is 4.18. The van der Waals surface area contributed by atoms with Crippen LogP contribution in [0.1, 0.15) is 32.3 Å². The van der Waals surface area contributed by atoms with Gasteiger partial charge < -0.3 is 9.80 Å². The molecule has 3 aliphatic heterocycles. The number of amides is 2. The van der Waals surface area contributed by atoms with Crippen molar-refractivity contribution in [1.82, 2.24) is 4.90 Å². The van der Waals surface area contributed by atoms with E-state index in [2.05, 4.69) is 19.9 Å². The SMILES string of the molecule is C[C@@H]1Cc2ccccc2N1C(=O)[C@H]1CS[C@@]2(C)CCC(=O)N12. The largest absolute Gasteiger partial charge is 0.315 e. The van der Waals surface area contributed by atoms with Crippen molar-refractivity contribution in [3.05, 3.63) is 29.8 Å². The minimum absolute atomic E-state index is 0.0870. The molecule has 0 aromatic heterocycles. The summed E-state index contributed by atoms with van der Waals surface area (Å²) in [4.78, 5) is 29.0. The van der Waals surface area contributed by atoms with Crippen LogP contribution in [0.5, 0.6) is 0 Å². The highest BCUT2D eigenvalue weighted by atomic mass is 32.2. The van der Waals surface area contributed by atoms with Crippen molar-refractivity contribution in [2.45, 2.75) is 50.1 Å². The molecule has 2 saturated heterocycles. The molecule has 0 unspecified atom stereocenters. The number of thioether (sulfide) groups is 1. The number of hydrogen-bond acceptors (Lipinski definition) is 3. The lowest BCUT2D eigenvalue weighted by atomic mass is 10.1. The van der Waals surface area contributed by atoms with E-state index in [4.69, 9.17) is 0 Å². The number of rotatable bonds is 1. The molecule has 2 fully saturated rings. The van der Waals surface area contributed by atoms with E-state index in [0.29, 0.717) is 12.2 Å². The zero-order valence-corrected chi connectivity index (χ0v) is 13.7. The number of carbonyl (C=O) groups is 2. The van der Waals surface area contributed by atoms with E-state index in [1.54, 1.807) is 11.8 Å².